The summed E-state index contributed by atoms with van der Waals surface area (Å²) >= 11 is 0. The van der Waals surface area contributed by atoms with Gasteiger partial charge in [-0.2, -0.15) is 13.2 Å². The van der Waals surface area contributed by atoms with Gasteiger partial charge in [-0.3, -0.25) is 0 Å². The largest absolute Gasteiger partial charge is 1.00 e. The maximum atomic E-state index is 12.1. The van der Waals surface area contributed by atoms with Gasteiger partial charge in [-0.25, -0.2) is 0 Å². The van der Waals surface area contributed by atoms with Crippen molar-refractivity contribution in [3.8, 4) is 0 Å². The average molecular weight is 241 g/mol. The van der Waals surface area contributed by atoms with E-state index in [4.69, 9.17) is 4.74 Å². The molecule has 0 amide bonds. The van der Waals surface area contributed by atoms with E-state index in [0.717, 1.165) is 25.9 Å². The average Bonchev–Trinajstić information content (AvgIpc) is 2.14. The Labute approximate surface area is 92.1 Å². The quantitative estimate of drug-likeness (QED) is 0.688. The monoisotopic (exact) mass is 241 g/mol. The first-order valence-electron chi connectivity index (χ1n) is 5.54. The minimum Gasteiger partial charge on any atom is -0.379 e. The lowest BCUT2D eigenvalue weighted by atomic mass is 10.1. The molecule has 1 saturated heterocycles. The molecule has 1 aliphatic heterocycles. The molecular weight excluding hydrogens is 221 g/mol. The van der Waals surface area contributed by atoms with Crippen molar-refractivity contribution in [1.29, 1.82) is 0 Å². The molecule has 90 valence electrons. The highest BCUT2D eigenvalue weighted by Gasteiger charge is 2.37. The minimum atomic E-state index is -4.01. The summed E-state index contributed by atoms with van der Waals surface area (Å²) < 4.78 is 42.0. The fourth-order valence-electron chi connectivity index (χ4n) is 2.03. The van der Waals surface area contributed by atoms with E-state index in [1.807, 2.05) is 13.5 Å². The van der Waals surface area contributed by atoms with E-state index in [9.17, 15) is 13.2 Å². The molecule has 0 aliphatic carbocycles. The third-order valence-corrected chi connectivity index (χ3v) is 7.10. The lowest BCUT2D eigenvalue weighted by molar-refractivity contribution is -0.131. The maximum Gasteiger partial charge on any atom is 1.00 e. The molecule has 0 spiro atoms. The van der Waals surface area contributed by atoms with Gasteiger partial charge in [-0.05, 0) is 32.2 Å². The molecule has 1 aliphatic rings. The second kappa shape index (κ2) is 4.87. The molecule has 0 radical (unpaired) electrons. The van der Waals surface area contributed by atoms with Crippen LogP contribution < -0.4 is 0 Å². The predicted octanol–water partition coefficient (Wildman–Crippen LogP) is 3.41. The van der Waals surface area contributed by atoms with Crippen molar-refractivity contribution < 1.29 is 19.3 Å². The fraction of sp³-hybridized carbons (Fsp3) is 1.00. The van der Waals surface area contributed by atoms with E-state index in [0.29, 0.717) is 6.04 Å². The SMILES string of the molecule is C[SiH](CCC(F)(F)F)C1(C)CCCCO1.[H+]. The Morgan fingerprint density at radius 3 is 2.53 bits per heavy atom. The molecule has 0 aromatic rings. The molecule has 0 N–H and O–H groups in total. The molecule has 1 rings (SSSR count). The van der Waals surface area contributed by atoms with Crippen molar-refractivity contribution >= 4 is 8.80 Å². The number of alkyl halides is 3. The molecular formula is C10H20F3OSi+. The number of ether oxygens (including phenoxy) is 1. The Bertz CT molecular complexity index is 205. The number of hydrogen-bond donors (Lipinski definition) is 0. The molecule has 2 unspecified atom stereocenters. The Kier molecular flexibility index (Phi) is 4.23. The van der Waals surface area contributed by atoms with E-state index >= 15 is 0 Å². The molecule has 1 heterocycles. The smallest absolute Gasteiger partial charge is 0.379 e. The van der Waals surface area contributed by atoms with Crippen LogP contribution in [-0.2, 0) is 4.74 Å². The highest BCUT2D eigenvalue weighted by molar-refractivity contribution is 6.60. The molecule has 0 saturated carbocycles. The zero-order chi connectivity index (χ0) is 11.5. The van der Waals surface area contributed by atoms with Gasteiger partial charge in [0.1, 0.15) is 0 Å². The highest BCUT2D eigenvalue weighted by atomic mass is 28.3. The molecule has 5 heteroatoms. The highest BCUT2D eigenvalue weighted by Crippen LogP contribution is 2.31. The van der Waals surface area contributed by atoms with Gasteiger partial charge in [0, 0.05) is 13.0 Å². The van der Waals surface area contributed by atoms with Crippen molar-refractivity contribution in [3.05, 3.63) is 0 Å². The Hall–Kier alpha value is -0.0331. The van der Waals surface area contributed by atoms with Gasteiger partial charge in [-0.1, -0.05) is 6.55 Å². The van der Waals surface area contributed by atoms with E-state index < -0.39 is 21.4 Å². The van der Waals surface area contributed by atoms with E-state index in [1.165, 1.54) is 0 Å². The van der Waals surface area contributed by atoms with E-state index in [1.54, 1.807) is 0 Å². The second-order valence-corrected chi connectivity index (χ2v) is 8.27. The number of rotatable bonds is 3. The van der Waals surface area contributed by atoms with Crippen LogP contribution in [-0.4, -0.2) is 26.8 Å². The van der Waals surface area contributed by atoms with Crippen LogP contribution in [0.2, 0.25) is 12.6 Å². The number of hydrogen-bond acceptors (Lipinski definition) is 1. The van der Waals surface area contributed by atoms with Gasteiger partial charge in [0.05, 0.1) is 14.0 Å². The summed E-state index contributed by atoms with van der Waals surface area (Å²) in [5.74, 6) is 0. The summed E-state index contributed by atoms with van der Waals surface area (Å²) in [5.41, 5.74) is 0. The predicted molar refractivity (Wildman–Crippen MR) is 57.8 cm³/mol. The second-order valence-electron chi connectivity index (χ2n) is 4.67. The van der Waals surface area contributed by atoms with Crippen LogP contribution >= 0.6 is 0 Å². The van der Waals surface area contributed by atoms with Crippen LogP contribution in [0.3, 0.4) is 0 Å². The van der Waals surface area contributed by atoms with Crippen molar-refractivity contribution in [2.24, 2.45) is 0 Å². The Morgan fingerprint density at radius 2 is 2.07 bits per heavy atom. The van der Waals surface area contributed by atoms with E-state index in [-0.39, 0.29) is 6.65 Å². The third kappa shape index (κ3) is 4.15. The molecule has 0 aromatic carbocycles. The van der Waals surface area contributed by atoms with Gasteiger partial charge >= 0.3 is 7.60 Å². The van der Waals surface area contributed by atoms with Crippen LogP contribution in [0.25, 0.3) is 0 Å². The summed E-state index contributed by atoms with van der Waals surface area (Å²) in [6.45, 7) is 4.72. The lowest BCUT2D eigenvalue weighted by Crippen LogP contribution is -2.46. The zero-order valence-corrected chi connectivity index (χ0v) is 10.5. The summed E-state index contributed by atoms with van der Waals surface area (Å²) in [6, 6.07) is 0.306. The molecule has 1 fully saturated rings. The van der Waals surface area contributed by atoms with Gasteiger partial charge in [0.2, 0.25) is 0 Å². The van der Waals surface area contributed by atoms with Crippen molar-refractivity contribution in [2.45, 2.75) is 56.6 Å². The third-order valence-electron chi connectivity index (χ3n) is 3.40. The Morgan fingerprint density at radius 1 is 1.40 bits per heavy atom. The van der Waals surface area contributed by atoms with Crippen LogP contribution in [0, 0.1) is 0 Å². The first-order chi connectivity index (χ1) is 6.83. The van der Waals surface area contributed by atoms with Crippen LogP contribution in [0.15, 0.2) is 0 Å². The first kappa shape index (κ1) is 13.0. The number of halogens is 3. The van der Waals surface area contributed by atoms with Crippen LogP contribution in [0.5, 0.6) is 0 Å². The van der Waals surface area contributed by atoms with Crippen molar-refractivity contribution in [1.82, 2.24) is 0 Å². The topological polar surface area (TPSA) is 9.23 Å². The minimum absolute atomic E-state index is 0. The van der Waals surface area contributed by atoms with Crippen molar-refractivity contribution in [3.63, 3.8) is 0 Å². The molecule has 0 aromatic heterocycles. The van der Waals surface area contributed by atoms with E-state index in [2.05, 4.69) is 0 Å². The summed E-state index contributed by atoms with van der Waals surface area (Å²) in [6.07, 6.45) is -1.56. The Balaban J connectivity index is 0.00000225. The first-order valence-corrected chi connectivity index (χ1v) is 8.09. The fourth-order valence-corrected chi connectivity index (χ4v) is 4.50. The van der Waals surface area contributed by atoms with Gasteiger partial charge in [0.25, 0.3) is 0 Å². The summed E-state index contributed by atoms with van der Waals surface area (Å²) in [5, 5.41) is -0.205. The zero-order valence-electron chi connectivity index (χ0n) is 10.4. The lowest BCUT2D eigenvalue weighted by Gasteiger charge is -2.38. The molecule has 15 heavy (non-hydrogen) atoms. The normalized spacial score (nSPS) is 30.2. The van der Waals surface area contributed by atoms with Gasteiger partial charge in [0.15, 0.2) is 0 Å². The maximum absolute atomic E-state index is 12.1. The van der Waals surface area contributed by atoms with Gasteiger partial charge < -0.3 is 4.74 Å². The molecule has 2 atom stereocenters. The van der Waals surface area contributed by atoms with Crippen LogP contribution in [0.1, 0.15) is 34.0 Å². The standard InChI is InChI=1S/C10H19F3OSi/c1-9(5-3-4-7-14-9)15(2)8-6-10(11,12)13/h15H,3-8H2,1-2H3/p+1. The summed E-state index contributed by atoms with van der Waals surface area (Å²) in [7, 11) is -1.44. The molecule has 0 bridgehead atoms. The van der Waals surface area contributed by atoms with Crippen LogP contribution in [0.4, 0.5) is 13.2 Å². The van der Waals surface area contributed by atoms with Crippen molar-refractivity contribution in [2.75, 3.05) is 6.61 Å². The molecule has 1 nitrogen and oxygen atoms in total. The van der Waals surface area contributed by atoms with Gasteiger partial charge in [-0.15, -0.1) is 0 Å². The summed E-state index contributed by atoms with van der Waals surface area (Å²) in [4.78, 5) is 0.